The lowest BCUT2D eigenvalue weighted by Crippen LogP contribution is -2.21. The fourth-order valence-electron chi connectivity index (χ4n) is 1.54. The Hall–Kier alpha value is -1.33. The summed E-state index contributed by atoms with van der Waals surface area (Å²) in [4.78, 5) is 1.04. The largest absolute Gasteiger partial charge is 0.306 e. The second kappa shape index (κ2) is 5.14. The molecule has 3 nitrogen and oxygen atoms in total. The Morgan fingerprint density at radius 1 is 1.38 bits per heavy atom. The van der Waals surface area contributed by atoms with Crippen molar-refractivity contribution in [2.45, 2.75) is 13.0 Å². The highest BCUT2D eigenvalue weighted by molar-refractivity contribution is 7.05. The molecule has 0 spiro atoms. The van der Waals surface area contributed by atoms with E-state index >= 15 is 0 Å². The van der Waals surface area contributed by atoms with Gasteiger partial charge in [0.25, 0.3) is 0 Å². The molecule has 2 aromatic rings. The summed E-state index contributed by atoms with van der Waals surface area (Å²) in [6.07, 6.45) is 1.74. The molecule has 0 aliphatic heterocycles. The Bertz CT molecular complexity index is 427. The number of hydrogen-bond acceptors (Lipinski definition) is 4. The van der Waals surface area contributed by atoms with Crippen LogP contribution < -0.4 is 5.32 Å². The molecule has 1 unspecified atom stereocenters. The van der Waals surface area contributed by atoms with E-state index in [9.17, 15) is 4.39 Å². The van der Waals surface area contributed by atoms with E-state index in [-0.39, 0.29) is 11.9 Å². The number of benzene rings is 1. The van der Waals surface area contributed by atoms with Gasteiger partial charge in [0, 0.05) is 0 Å². The van der Waals surface area contributed by atoms with Crippen LogP contribution in [0, 0.1) is 5.82 Å². The summed E-state index contributed by atoms with van der Waals surface area (Å²) in [7, 11) is 0. The summed E-state index contributed by atoms with van der Waals surface area (Å²) in [5.74, 6) is -0.221. The molecule has 1 atom stereocenters. The highest BCUT2D eigenvalue weighted by Crippen LogP contribution is 2.23. The van der Waals surface area contributed by atoms with Gasteiger partial charge in [-0.3, -0.25) is 0 Å². The number of hydrogen-bond donors (Lipinski definition) is 1. The number of nitrogens with zero attached hydrogens (tertiary/aromatic N) is 2. The smallest absolute Gasteiger partial charge is 0.123 e. The highest BCUT2D eigenvalue weighted by Gasteiger charge is 2.14. The predicted octanol–water partition coefficient (Wildman–Crippen LogP) is 2.38. The minimum Gasteiger partial charge on any atom is -0.306 e. The molecule has 0 saturated heterocycles. The van der Waals surface area contributed by atoms with Crippen molar-refractivity contribution in [3.63, 3.8) is 0 Å². The Kier molecular flexibility index (Phi) is 3.58. The molecule has 0 amide bonds. The van der Waals surface area contributed by atoms with Crippen LogP contribution in [-0.4, -0.2) is 16.1 Å². The molecule has 5 heteroatoms. The molecular weight excluding hydrogens is 225 g/mol. The molecule has 0 aliphatic carbocycles. The maximum Gasteiger partial charge on any atom is 0.123 e. The van der Waals surface area contributed by atoms with E-state index in [0.717, 1.165) is 17.0 Å². The third-order valence-corrected chi connectivity index (χ3v) is 3.00. The van der Waals surface area contributed by atoms with E-state index in [0.29, 0.717) is 0 Å². The van der Waals surface area contributed by atoms with Crippen molar-refractivity contribution >= 4 is 11.5 Å². The summed E-state index contributed by atoms with van der Waals surface area (Å²) < 4.78 is 16.7. The first-order chi connectivity index (χ1) is 7.81. The Labute approximate surface area is 97.5 Å². The lowest BCUT2D eigenvalue weighted by molar-refractivity contribution is 0.616. The van der Waals surface area contributed by atoms with Crippen molar-refractivity contribution in [2.24, 2.45) is 0 Å². The van der Waals surface area contributed by atoms with Crippen LogP contribution in [0.25, 0.3) is 0 Å². The first-order valence-electron chi connectivity index (χ1n) is 5.07. The molecule has 84 valence electrons. The van der Waals surface area contributed by atoms with Crippen molar-refractivity contribution < 1.29 is 4.39 Å². The van der Waals surface area contributed by atoms with Crippen molar-refractivity contribution in [1.29, 1.82) is 0 Å². The molecule has 16 heavy (non-hydrogen) atoms. The lowest BCUT2D eigenvalue weighted by Gasteiger charge is -2.15. The van der Waals surface area contributed by atoms with Gasteiger partial charge < -0.3 is 5.32 Å². The van der Waals surface area contributed by atoms with Gasteiger partial charge in [-0.15, -0.1) is 5.10 Å². The Morgan fingerprint density at radius 3 is 2.69 bits per heavy atom. The molecule has 0 aliphatic rings. The summed E-state index contributed by atoms with van der Waals surface area (Å²) in [6.45, 7) is 2.87. The fourth-order valence-corrected chi connectivity index (χ4v) is 2.15. The van der Waals surface area contributed by atoms with Crippen LogP contribution in [0.15, 0.2) is 30.5 Å². The molecule has 0 bridgehead atoms. The molecule has 1 N–H and O–H groups in total. The SMILES string of the molecule is CCNC(c1ccc(F)cc1)c1cnns1. The predicted molar refractivity (Wildman–Crippen MR) is 61.8 cm³/mol. The second-order valence-corrected chi connectivity index (χ2v) is 4.18. The maximum atomic E-state index is 12.8. The minimum absolute atomic E-state index is 0.0469. The third-order valence-electron chi connectivity index (χ3n) is 2.27. The number of halogens is 1. The number of rotatable bonds is 4. The Balaban J connectivity index is 2.29. The topological polar surface area (TPSA) is 37.8 Å². The molecule has 2 rings (SSSR count). The van der Waals surface area contributed by atoms with Gasteiger partial charge >= 0.3 is 0 Å². The lowest BCUT2D eigenvalue weighted by atomic mass is 10.1. The molecule has 1 aromatic heterocycles. The van der Waals surface area contributed by atoms with E-state index in [1.54, 1.807) is 18.3 Å². The van der Waals surface area contributed by atoms with Crippen LogP contribution in [0.1, 0.15) is 23.4 Å². The maximum absolute atomic E-state index is 12.8. The van der Waals surface area contributed by atoms with E-state index in [2.05, 4.69) is 14.9 Å². The highest BCUT2D eigenvalue weighted by atomic mass is 32.1. The van der Waals surface area contributed by atoms with Crippen LogP contribution in [0.3, 0.4) is 0 Å². The summed E-state index contributed by atoms with van der Waals surface area (Å²) in [5.41, 5.74) is 1.02. The van der Waals surface area contributed by atoms with Gasteiger partial charge in [-0.2, -0.15) is 0 Å². The first kappa shape index (κ1) is 11.2. The minimum atomic E-state index is -0.221. The average Bonchev–Trinajstić information content (AvgIpc) is 2.81. The third kappa shape index (κ3) is 2.43. The Morgan fingerprint density at radius 2 is 2.12 bits per heavy atom. The normalized spacial score (nSPS) is 12.6. The summed E-state index contributed by atoms with van der Waals surface area (Å²) in [6, 6.07) is 6.54. The first-order valence-corrected chi connectivity index (χ1v) is 5.84. The zero-order valence-corrected chi connectivity index (χ0v) is 9.67. The van der Waals surface area contributed by atoms with Crippen LogP contribution in [-0.2, 0) is 0 Å². The fraction of sp³-hybridized carbons (Fsp3) is 0.273. The zero-order valence-electron chi connectivity index (χ0n) is 8.85. The van der Waals surface area contributed by atoms with Gasteiger partial charge in [0.15, 0.2) is 0 Å². The van der Waals surface area contributed by atoms with E-state index < -0.39 is 0 Å². The van der Waals surface area contributed by atoms with Crippen LogP contribution in [0.4, 0.5) is 4.39 Å². The van der Waals surface area contributed by atoms with Crippen LogP contribution in [0.5, 0.6) is 0 Å². The van der Waals surface area contributed by atoms with Gasteiger partial charge in [0.05, 0.1) is 17.1 Å². The van der Waals surface area contributed by atoms with E-state index in [1.165, 1.54) is 23.7 Å². The van der Waals surface area contributed by atoms with Crippen molar-refractivity contribution in [2.75, 3.05) is 6.54 Å². The molecule has 0 saturated carbocycles. The molecule has 1 aromatic carbocycles. The van der Waals surface area contributed by atoms with Crippen LogP contribution >= 0.6 is 11.5 Å². The summed E-state index contributed by atoms with van der Waals surface area (Å²) in [5, 5.41) is 7.15. The van der Waals surface area contributed by atoms with Gasteiger partial charge in [-0.1, -0.05) is 23.5 Å². The zero-order chi connectivity index (χ0) is 11.4. The van der Waals surface area contributed by atoms with Crippen LogP contribution in [0.2, 0.25) is 0 Å². The quantitative estimate of drug-likeness (QED) is 0.887. The van der Waals surface area contributed by atoms with E-state index in [4.69, 9.17) is 0 Å². The summed E-state index contributed by atoms with van der Waals surface area (Å²) >= 11 is 1.35. The molecular formula is C11H12FN3S. The van der Waals surface area contributed by atoms with Gasteiger partial charge in [-0.05, 0) is 35.8 Å². The van der Waals surface area contributed by atoms with Gasteiger partial charge in [-0.25, -0.2) is 4.39 Å². The second-order valence-electron chi connectivity index (χ2n) is 3.36. The van der Waals surface area contributed by atoms with Gasteiger partial charge in [0.2, 0.25) is 0 Å². The van der Waals surface area contributed by atoms with Crippen molar-refractivity contribution in [3.05, 3.63) is 46.7 Å². The average molecular weight is 237 g/mol. The standard InChI is InChI=1S/C11H12FN3S/c1-2-13-11(10-7-14-15-16-10)8-3-5-9(12)6-4-8/h3-7,11,13H,2H2,1H3. The van der Waals surface area contributed by atoms with Gasteiger partial charge in [0.1, 0.15) is 5.82 Å². The molecule has 1 heterocycles. The van der Waals surface area contributed by atoms with Crippen molar-refractivity contribution in [1.82, 2.24) is 14.9 Å². The molecule has 0 radical (unpaired) electrons. The van der Waals surface area contributed by atoms with Crippen molar-refractivity contribution in [3.8, 4) is 0 Å². The molecule has 0 fully saturated rings. The number of aromatic nitrogens is 2. The monoisotopic (exact) mass is 237 g/mol. The van der Waals surface area contributed by atoms with E-state index in [1.807, 2.05) is 6.92 Å². The number of nitrogens with one attached hydrogen (secondary N) is 1.